The van der Waals surface area contributed by atoms with Gasteiger partial charge in [-0.3, -0.25) is 0 Å². The van der Waals surface area contributed by atoms with E-state index >= 15 is 0 Å². The van der Waals surface area contributed by atoms with Crippen molar-refractivity contribution in [1.82, 2.24) is 0 Å². The molecule has 0 aliphatic heterocycles. The maximum atomic E-state index is 10.5. The van der Waals surface area contributed by atoms with Gasteiger partial charge in [0.1, 0.15) is 5.76 Å². The number of hydrogen-bond acceptors (Lipinski definition) is 1. The van der Waals surface area contributed by atoms with Gasteiger partial charge in [-0.05, 0) is 55.7 Å². The number of rotatable bonds is 1. The zero-order valence-electron chi connectivity index (χ0n) is 14.3. The molecular formula is C21H28O. The Morgan fingerprint density at radius 2 is 1.77 bits per heavy atom. The average Bonchev–Trinajstić information content (AvgIpc) is 2.52. The number of hydrogen-bond donors (Lipinski definition) is 1. The van der Waals surface area contributed by atoms with Crippen LogP contribution < -0.4 is 0 Å². The Hall–Kier alpha value is -1.76. The van der Waals surface area contributed by atoms with Gasteiger partial charge in [0.15, 0.2) is 0 Å². The summed E-state index contributed by atoms with van der Waals surface area (Å²) >= 11 is 0. The lowest BCUT2D eigenvalue weighted by Crippen LogP contribution is -2.06. The van der Waals surface area contributed by atoms with Gasteiger partial charge >= 0.3 is 0 Å². The van der Waals surface area contributed by atoms with E-state index in [0.29, 0.717) is 5.76 Å². The van der Waals surface area contributed by atoms with Crippen LogP contribution in [0.1, 0.15) is 58.4 Å². The molecule has 1 N–H and O–H groups in total. The predicted molar refractivity (Wildman–Crippen MR) is 95.0 cm³/mol. The highest BCUT2D eigenvalue weighted by Crippen LogP contribution is 2.34. The van der Waals surface area contributed by atoms with Crippen LogP contribution in [0.4, 0.5) is 0 Å². The maximum Gasteiger partial charge on any atom is 0.114 e. The van der Waals surface area contributed by atoms with E-state index in [4.69, 9.17) is 0 Å². The van der Waals surface area contributed by atoms with E-state index in [0.717, 1.165) is 24.8 Å². The molecule has 0 unspecified atom stereocenters. The first-order valence-corrected chi connectivity index (χ1v) is 8.18. The molecular weight excluding hydrogens is 268 g/mol. The summed E-state index contributed by atoms with van der Waals surface area (Å²) in [6, 6.07) is 10.5. The Morgan fingerprint density at radius 1 is 1.09 bits per heavy atom. The summed E-state index contributed by atoms with van der Waals surface area (Å²) in [5, 5.41) is 10.5. The first kappa shape index (κ1) is 16.6. The molecule has 1 aliphatic carbocycles. The molecule has 1 heteroatoms. The summed E-state index contributed by atoms with van der Waals surface area (Å²) in [6.45, 7) is 8.70. The average molecular weight is 296 g/mol. The molecule has 0 bridgehead atoms. The molecule has 1 aromatic rings. The molecule has 0 saturated carbocycles. The van der Waals surface area contributed by atoms with Crippen molar-refractivity contribution in [3.8, 4) is 0 Å². The summed E-state index contributed by atoms with van der Waals surface area (Å²) in [4.78, 5) is 0. The van der Waals surface area contributed by atoms with E-state index < -0.39 is 0 Å². The number of aliphatic hydroxyl groups excluding tert-OH is 1. The van der Waals surface area contributed by atoms with Crippen LogP contribution in [0.15, 0.2) is 65.5 Å². The Morgan fingerprint density at radius 3 is 2.45 bits per heavy atom. The van der Waals surface area contributed by atoms with Crippen molar-refractivity contribution in [2.45, 2.75) is 52.9 Å². The number of benzene rings is 1. The number of allylic oxidation sites excluding steroid dienone is 5. The molecule has 2 rings (SSSR count). The fourth-order valence-corrected chi connectivity index (χ4v) is 2.91. The van der Waals surface area contributed by atoms with Crippen molar-refractivity contribution in [3.05, 3.63) is 71.0 Å². The second-order valence-electron chi connectivity index (χ2n) is 7.15. The van der Waals surface area contributed by atoms with E-state index in [9.17, 15) is 5.11 Å². The zero-order valence-corrected chi connectivity index (χ0v) is 14.3. The highest BCUT2D eigenvalue weighted by molar-refractivity contribution is 5.33. The van der Waals surface area contributed by atoms with Gasteiger partial charge in [-0.15, -0.1) is 0 Å². The fraction of sp³-hybridized carbons (Fsp3) is 0.429. The van der Waals surface area contributed by atoms with Crippen molar-refractivity contribution < 1.29 is 5.11 Å². The third kappa shape index (κ3) is 4.37. The smallest absolute Gasteiger partial charge is 0.114 e. The Bertz CT molecular complexity index is 588. The maximum absolute atomic E-state index is 10.5. The molecule has 0 heterocycles. The molecule has 0 fully saturated rings. The minimum absolute atomic E-state index is 0.0715. The Kier molecular flexibility index (Phi) is 5.28. The van der Waals surface area contributed by atoms with Gasteiger partial charge in [-0.2, -0.15) is 0 Å². The normalized spacial score (nSPS) is 27.6. The van der Waals surface area contributed by atoms with Crippen LogP contribution in [-0.2, 0) is 0 Å². The third-order valence-electron chi connectivity index (χ3n) is 4.63. The molecule has 118 valence electrons. The monoisotopic (exact) mass is 296 g/mol. The van der Waals surface area contributed by atoms with Crippen molar-refractivity contribution in [2.24, 2.45) is 5.41 Å². The lowest BCUT2D eigenvalue weighted by atomic mass is 9.86. The summed E-state index contributed by atoms with van der Waals surface area (Å²) in [5.41, 5.74) is 3.86. The van der Waals surface area contributed by atoms with Crippen LogP contribution in [0, 0.1) is 5.41 Å². The SMILES string of the molecule is CC1=CCC(C)(C)/C=C/C(O)=C(/C)[C@H](c2ccccc2)CC1. The van der Waals surface area contributed by atoms with Crippen LogP contribution in [0.2, 0.25) is 0 Å². The minimum atomic E-state index is 0.0715. The Balaban J connectivity index is 2.43. The third-order valence-corrected chi connectivity index (χ3v) is 4.63. The Labute approximate surface area is 135 Å². The van der Waals surface area contributed by atoms with Crippen molar-refractivity contribution in [2.75, 3.05) is 0 Å². The van der Waals surface area contributed by atoms with E-state index in [1.165, 1.54) is 11.1 Å². The van der Waals surface area contributed by atoms with E-state index in [1.807, 2.05) is 12.1 Å². The molecule has 0 saturated heterocycles. The first-order chi connectivity index (χ1) is 10.4. The lowest BCUT2D eigenvalue weighted by Gasteiger charge is -2.19. The molecule has 0 aromatic heterocycles. The quantitative estimate of drug-likeness (QED) is 0.602. The van der Waals surface area contributed by atoms with E-state index in [-0.39, 0.29) is 11.3 Å². The van der Waals surface area contributed by atoms with Gasteiger partial charge in [-0.25, -0.2) is 0 Å². The molecule has 1 aromatic carbocycles. The van der Waals surface area contributed by atoms with Gasteiger partial charge in [0.25, 0.3) is 0 Å². The minimum Gasteiger partial charge on any atom is -0.508 e. The van der Waals surface area contributed by atoms with Gasteiger partial charge in [0.05, 0.1) is 0 Å². The van der Waals surface area contributed by atoms with Gasteiger partial charge in [0.2, 0.25) is 0 Å². The molecule has 0 spiro atoms. The topological polar surface area (TPSA) is 20.2 Å². The number of aliphatic hydroxyl groups is 1. The van der Waals surface area contributed by atoms with Crippen molar-refractivity contribution in [1.29, 1.82) is 0 Å². The molecule has 22 heavy (non-hydrogen) atoms. The van der Waals surface area contributed by atoms with Gasteiger partial charge < -0.3 is 5.11 Å². The molecule has 0 amide bonds. The van der Waals surface area contributed by atoms with Crippen LogP contribution in [0.5, 0.6) is 0 Å². The van der Waals surface area contributed by atoms with E-state index in [2.05, 4.69) is 64.1 Å². The largest absolute Gasteiger partial charge is 0.508 e. The molecule has 1 atom stereocenters. The van der Waals surface area contributed by atoms with E-state index in [1.54, 1.807) is 0 Å². The zero-order chi connectivity index (χ0) is 16.2. The summed E-state index contributed by atoms with van der Waals surface area (Å²) < 4.78 is 0. The highest BCUT2D eigenvalue weighted by atomic mass is 16.3. The molecule has 1 aliphatic rings. The predicted octanol–water partition coefficient (Wildman–Crippen LogP) is 6.31. The van der Waals surface area contributed by atoms with Crippen LogP contribution in [-0.4, -0.2) is 5.11 Å². The van der Waals surface area contributed by atoms with Gasteiger partial charge in [0, 0.05) is 5.92 Å². The second-order valence-corrected chi connectivity index (χ2v) is 7.15. The fourth-order valence-electron chi connectivity index (χ4n) is 2.91. The van der Waals surface area contributed by atoms with Crippen molar-refractivity contribution in [3.63, 3.8) is 0 Å². The second kappa shape index (κ2) is 7.00. The summed E-state index contributed by atoms with van der Waals surface area (Å²) in [7, 11) is 0. The summed E-state index contributed by atoms with van der Waals surface area (Å²) in [5.74, 6) is 0.692. The van der Waals surface area contributed by atoms with Crippen LogP contribution in [0.25, 0.3) is 0 Å². The van der Waals surface area contributed by atoms with Crippen LogP contribution >= 0.6 is 0 Å². The van der Waals surface area contributed by atoms with Crippen molar-refractivity contribution >= 4 is 0 Å². The lowest BCUT2D eigenvalue weighted by molar-refractivity contribution is 0.414. The first-order valence-electron chi connectivity index (χ1n) is 8.18. The van der Waals surface area contributed by atoms with Crippen LogP contribution in [0.3, 0.4) is 0 Å². The highest BCUT2D eigenvalue weighted by Gasteiger charge is 2.19. The molecule has 0 radical (unpaired) electrons. The molecule has 1 nitrogen and oxygen atoms in total. The standard InChI is InChI=1S/C21H28O/c1-16-10-11-19(18-8-6-5-7-9-18)17(2)20(22)13-15-21(3,4)14-12-16/h5-9,12-13,15,19,22H,10-11,14H2,1-4H3/b15-13+,16-12?,20-17+/t19-/m1/s1. The van der Waals surface area contributed by atoms with Gasteiger partial charge in [-0.1, -0.05) is 61.9 Å². The summed E-state index contributed by atoms with van der Waals surface area (Å²) in [6.07, 6.45) is 9.49.